The van der Waals surface area contributed by atoms with E-state index >= 15 is 0 Å². The van der Waals surface area contributed by atoms with E-state index < -0.39 is 23.8 Å². The van der Waals surface area contributed by atoms with Crippen molar-refractivity contribution in [1.29, 1.82) is 0 Å². The third kappa shape index (κ3) is 6.59. The molecule has 0 bridgehead atoms. The molecule has 29 heavy (non-hydrogen) atoms. The number of hydrogen-bond donors (Lipinski definition) is 3. The fourth-order valence-electron chi connectivity index (χ4n) is 2.46. The van der Waals surface area contributed by atoms with E-state index in [2.05, 4.69) is 14.2 Å². The summed E-state index contributed by atoms with van der Waals surface area (Å²) in [6.45, 7) is 6.50. The van der Waals surface area contributed by atoms with E-state index in [1.165, 1.54) is 19.1 Å². The highest BCUT2D eigenvalue weighted by molar-refractivity contribution is 7.91. The third-order valence-corrected chi connectivity index (χ3v) is 7.39. The van der Waals surface area contributed by atoms with Gasteiger partial charge in [0.05, 0.1) is 6.54 Å². The zero-order valence-corrected chi connectivity index (χ0v) is 18.7. The second-order valence-electron chi connectivity index (χ2n) is 6.48. The number of carbonyl (C=O) groups excluding carboxylic acids is 1. The standard InChI is InChI=1S/C16H22N3O7PS2/c1-10(2)18-29(24,25)15-11(3)19(16(28-15)17-12(4)20)9-13-5-7-14(8-6-13)26-27(21,22)23/h5-8,10,18H,9H2,1-4H3,(H2,21,22,23)/b17-16+. The number of carbonyl (C=O) groups is 1. The summed E-state index contributed by atoms with van der Waals surface area (Å²) in [6, 6.07) is 5.62. The average molecular weight is 463 g/mol. The molecule has 1 amide bonds. The van der Waals surface area contributed by atoms with Gasteiger partial charge in [-0.05, 0) is 38.5 Å². The average Bonchev–Trinajstić information content (AvgIpc) is 2.83. The minimum atomic E-state index is -4.66. The van der Waals surface area contributed by atoms with Gasteiger partial charge in [-0.3, -0.25) is 14.6 Å². The van der Waals surface area contributed by atoms with E-state index in [1.807, 2.05) is 0 Å². The molecule has 1 aromatic carbocycles. The Kier molecular flexibility index (Phi) is 7.20. The number of phosphoric acid groups is 1. The molecular formula is C16H22N3O7PS2. The van der Waals surface area contributed by atoms with Crippen molar-refractivity contribution < 1.29 is 32.1 Å². The predicted molar refractivity (Wildman–Crippen MR) is 107 cm³/mol. The first kappa shape index (κ1) is 23.5. The molecular weight excluding hydrogens is 441 g/mol. The van der Waals surface area contributed by atoms with Gasteiger partial charge in [0.1, 0.15) is 5.75 Å². The number of phosphoric ester groups is 1. The van der Waals surface area contributed by atoms with Crippen molar-refractivity contribution in [2.24, 2.45) is 4.99 Å². The molecule has 1 heterocycles. The number of hydrogen-bond acceptors (Lipinski definition) is 6. The Balaban J connectivity index is 2.47. The van der Waals surface area contributed by atoms with Crippen LogP contribution in [-0.2, 0) is 25.9 Å². The van der Waals surface area contributed by atoms with Crippen LogP contribution < -0.4 is 14.0 Å². The van der Waals surface area contributed by atoms with Gasteiger partial charge in [-0.1, -0.05) is 23.5 Å². The largest absolute Gasteiger partial charge is 0.524 e. The maximum atomic E-state index is 12.6. The SMILES string of the molecule is CC(=O)/N=c1/sc(S(=O)(=O)NC(C)C)c(C)n1Cc1ccc(OP(=O)(O)O)cc1. The van der Waals surface area contributed by atoms with Crippen LogP contribution in [0.4, 0.5) is 0 Å². The molecule has 0 unspecified atom stereocenters. The molecule has 0 fully saturated rings. The molecule has 0 aliphatic heterocycles. The van der Waals surface area contributed by atoms with Crippen molar-refractivity contribution in [3.63, 3.8) is 0 Å². The molecule has 0 saturated heterocycles. The number of thiazole rings is 1. The van der Waals surface area contributed by atoms with Gasteiger partial charge in [0, 0.05) is 18.7 Å². The Morgan fingerprint density at radius 2 is 1.90 bits per heavy atom. The van der Waals surface area contributed by atoms with Crippen molar-refractivity contribution in [3.05, 3.63) is 40.3 Å². The van der Waals surface area contributed by atoms with E-state index in [-0.39, 0.29) is 27.3 Å². The molecule has 3 N–H and O–H groups in total. The van der Waals surface area contributed by atoms with Crippen LogP contribution in [0.25, 0.3) is 0 Å². The molecule has 0 spiro atoms. The quantitative estimate of drug-likeness (QED) is 0.527. The van der Waals surface area contributed by atoms with Gasteiger partial charge in [-0.2, -0.15) is 4.99 Å². The lowest BCUT2D eigenvalue weighted by molar-refractivity contribution is -0.116. The Morgan fingerprint density at radius 1 is 1.31 bits per heavy atom. The summed E-state index contributed by atoms with van der Waals surface area (Å²) in [5, 5.41) is 0. The van der Waals surface area contributed by atoms with Crippen LogP contribution in [0.1, 0.15) is 32.0 Å². The normalized spacial score (nSPS) is 13.1. The summed E-state index contributed by atoms with van der Waals surface area (Å²) < 4.78 is 44.8. The number of rotatable bonds is 7. The van der Waals surface area contributed by atoms with Crippen molar-refractivity contribution in [1.82, 2.24) is 9.29 Å². The second-order valence-corrected chi connectivity index (χ2v) is 10.5. The lowest BCUT2D eigenvalue weighted by Gasteiger charge is -2.11. The van der Waals surface area contributed by atoms with Gasteiger partial charge in [-0.25, -0.2) is 17.7 Å². The maximum absolute atomic E-state index is 12.6. The van der Waals surface area contributed by atoms with Crippen LogP contribution in [0, 0.1) is 6.92 Å². The van der Waals surface area contributed by atoms with Crippen LogP contribution >= 0.6 is 19.2 Å². The van der Waals surface area contributed by atoms with Crippen LogP contribution in [0.15, 0.2) is 33.5 Å². The summed E-state index contributed by atoms with van der Waals surface area (Å²) in [7, 11) is -8.43. The highest BCUT2D eigenvalue weighted by atomic mass is 32.2. The van der Waals surface area contributed by atoms with E-state index in [9.17, 15) is 17.8 Å². The molecule has 1 aromatic heterocycles. The number of nitrogens with zero attached hydrogens (tertiary/aromatic N) is 2. The molecule has 13 heteroatoms. The number of aromatic nitrogens is 1. The first-order chi connectivity index (χ1) is 13.3. The van der Waals surface area contributed by atoms with Crippen molar-refractivity contribution in [2.75, 3.05) is 0 Å². The highest BCUT2D eigenvalue weighted by Gasteiger charge is 2.24. The maximum Gasteiger partial charge on any atom is 0.524 e. The van der Waals surface area contributed by atoms with Gasteiger partial charge in [0.25, 0.3) is 10.0 Å². The molecule has 0 radical (unpaired) electrons. The van der Waals surface area contributed by atoms with Crippen molar-refractivity contribution >= 4 is 35.1 Å². The van der Waals surface area contributed by atoms with E-state index in [0.29, 0.717) is 11.3 Å². The number of sulfonamides is 1. The molecule has 2 rings (SSSR count). The summed E-state index contributed by atoms with van der Waals surface area (Å²) in [4.78, 5) is 33.4. The summed E-state index contributed by atoms with van der Waals surface area (Å²) >= 11 is 0.891. The fraction of sp³-hybridized carbons (Fsp3) is 0.375. The summed E-state index contributed by atoms with van der Waals surface area (Å²) in [6.07, 6.45) is 0. The van der Waals surface area contributed by atoms with E-state index in [4.69, 9.17) is 9.79 Å². The highest BCUT2D eigenvalue weighted by Crippen LogP contribution is 2.37. The van der Waals surface area contributed by atoms with Crippen LogP contribution in [0.3, 0.4) is 0 Å². The van der Waals surface area contributed by atoms with Gasteiger partial charge < -0.3 is 9.09 Å². The lowest BCUT2D eigenvalue weighted by Crippen LogP contribution is -2.30. The zero-order chi connectivity index (χ0) is 22.0. The Labute approximate surface area is 172 Å². The fourth-order valence-corrected chi connectivity index (χ4v) is 5.80. The monoisotopic (exact) mass is 463 g/mol. The minimum absolute atomic E-state index is 0.00725. The van der Waals surface area contributed by atoms with Crippen LogP contribution in [0.5, 0.6) is 5.75 Å². The summed E-state index contributed by atoms with van der Waals surface area (Å²) in [5.74, 6) is -0.474. The predicted octanol–water partition coefficient (Wildman–Crippen LogP) is 1.51. The number of amides is 1. The van der Waals surface area contributed by atoms with Gasteiger partial charge in [0.2, 0.25) is 5.91 Å². The molecule has 160 valence electrons. The smallest absolute Gasteiger partial charge is 0.404 e. The van der Waals surface area contributed by atoms with Gasteiger partial charge in [-0.15, -0.1) is 0 Å². The number of benzene rings is 1. The van der Waals surface area contributed by atoms with Crippen molar-refractivity contribution in [2.45, 2.75) is 44.5 Å². The minimum Gasteiger partial charge on any atom is -0.404 e. The van der Waals surface area contributed by atoms with E-state index in [0.717, 1.165) is 11.3 Å². The first-order valence-electron chi connectivity index (χ1n) is 8.40. The van der Waals surface area contributed by atoms with Gasteiger partial charge in [0.15, 0.2) is 9.01 Å². The lowest BCUT2D eigenvalue weighted by atomic mass is 10.2. The molecule has 0 aliphatic carbocycles. The zero-order valence-electron chi connectivity index (χ0n) is 16.2. The summed E-state index contributed by atoms with van der Waals surface area (Å²) in [5.41, 5.74) is 1.11. The molecule has 0 atom stereocenters. The van der Waals surface area contributed by atoms with Crippen molar-refractivity contribution in [3.8, 4) is 5.75 Å². The third-order valence-electron chi connectivity index (χ3n) is 3.49. The van der Waals surface area contributed by atoms with Gasteiger partial charge >= 0.3 is 7.82 Å². The Bertz CT molecular complexity index is 1110. The first-order valence-corrected chi connectivity index (χ1v) is 12.2. The second kappa shape index (κ2) is 8.90. The molecule has 2 aromatic rings. The topological polar surface area (TPSA) is 147 Å². The van der Waals surface area contributed by atoms with E-state index in [1.54, 1.807) is 37.5 Å². The Morgan fingerprint density at radius 3 is 2.38 bits per heavy atom. The van der Waals surface area contributed by atoms with Crippen LogP contribution in [0.2, 0.25) is 0 Å². The molecule has 10 nitrogen and oxygen atoms in total. The Hall–Kier alpha value is -1.82. The number of nitrogens with one attached hydrogen (secondary N) is 1. The molecule has 0 saturated carbocycles. The molecule has 0 aliphatic rings. The van der Waals surface area contributed by atoms with Crippen LogP contribution in [-0.4, -0.2) is 34.7 Å².